The number of aliphatic hydroxyl groups is 5. The number of carbonyl (C=O) groups excluding carboxylic acids is 2. The highest BCUT2D eigenvalue weighted by Crippen LogP contribution is 2.27. The van der Waals surface area contributed by atoms with Gasteiger partial charge in [-0.15, -0.1) is 0 Å². The van der Waals surface area contributed by atoms with Crippen molar-refractivity contribution in [3.05, 3.63) is 36.5 Å². The van der Waals surface area contributed by atoms with E-state index in [9.17, 15) is 35.1 Å². The molecule has 1 aliphatic rings. The average molecular weight is 1290 g/mol. The van der Waals surface area contributed by atoms with Crippen LogP contribution in [0.5, 0.6) is 0 Å². The van der Waals surface area contributed by atoms with Crippen molar-refractivity contribution >= 4 is 11.9 Å². The molecule has 1 aliphatic heterocycles. The zero-order valence-corrected chi connectivity index (χ0v) is 60.0. The van der Waals surface area contributed by atoms with Gasteiger partial charge in [-0.05, 0) is 57.8 Å². The van der Waals surface area contributed by atoms with Crippen LogP contribution in [0.25, 0.3) is 0 Å². The van der Waals surface area contributed by atoms with Gasteiger partial charge >= 0.3 is 5.97 Å². The number of hydrogen-bond donors (Lipinski definition) is 6. The summed E-state index contributed by atoms with van der Waals surface area (Å²) in [4.78, 5) is 26.8. The summed E-state index contributed by atoms with van der Waals surface area (Å²) in [6.45, 7) is 5.85. The van der Waals surface area contributed by atoms with Gasteiger partial charge in [-0.2, -0.15) is 0 Å². The molecular formula is C80H151NO10. The third kappa shape index (κ3) is 54.7. The third-order valence-corrected chi connectivity index (χ3v) is 19.0. The maximum Gasteiger partial charge on any atom is 0.306 e. The zero-order chi connectivity index (χ0) is 66.0. The average Bonchev–Trinajstić information content (AvgIpc) is 1.00. The maximum absolute atomic E-state index is 13.5. The number of hydrogen-bond acceptors (Lipinski definition) is 10. The van der Waals surface area contributed by atoms with Gasteiger partial charge in [0.1, 0.15) is 24.4 Å². The second-order valence-electron chi connectivity index (χ2n) is 27.8. The molecule has 6 N–H and O–H groups in total. The monoisotopic (exact) mass is 1290 g/mol. The van der Waals surface area contributed by atoms with Crippen LogP contribution in [0.3, 0.4) is 0 Å². The van der Waals surface area contributed by atoms with Crippen LogP contribution in [0.4, 0.5) is 0 Å². The van der Waals surface area contributed by atoms with Crippen LogP contribution in [0.2, 0.25) is 0 Å². The first-order valence-electron chi connectivity index (χ1n) is 39.8. The lowest BCUT2D eigenvalue weighted by molar-refractivity contribution is -0.305. The molecule has 0 aliphatic carbocycles. The number of aliphatic hydroxyl groups excluding tert-OH is 5. The van der Waals surface area contributed by atoms with Crippen LogP contribution in [-0.2, 0) is 23.8 Å². The van der Waals surface area contributed by atoms with E-state index in [-0.39, 0.29) is 13.0 Å². The normalized spacial score (nSPS) is 18.1. The van der Waals surface area contributed by atoms with Crippen LogP contribution >= 0.6 is 0 Å². The summed E-state index contributed by atoms with van der Waals surface area (Å²) in [6, 6.07) is -1.02. The summed E-state index contributed by atoms with van der Waals surface area (Å²) in [6.07, 6.45) is 74.8. The van der Waals surface area contributed by atoms with Crippen LogP contribution < -0.4 is 5.32 Å². The Balaban J connectivity index is 2.50. The molecule has 0 bridgehead atoms. The van der Waals surface area contributed by atoms with Crippen LogP contribution in [-0.4, -0.2) is 99.6 Å². The number of carbonyl (C=O) groups is 2. The van der Waals surface area contributed by atoms with Crippen molar-refractivity contribution in [3.63, 3.8) is 0 Å². The van der Waals surface area contributed by atoms with Gasteiger partial charge in [-0.25, -0.2) is 0 Å². The second-order valence-corrected chi connectivity index (χ2v) is 27.8. The highest BCUT2D eigenvalue weighted by atomic mass is 16.7. The molecule has 1 rings (SSSR count). The Morgan fingerprint density at radius 3 is 1.14 bits per heavy atom. The largest absolute Gasteiger partial charge is 0.454 e. The zero-order valence-electron chi connectivity index (χ0n) is 60.0. The second kappa shape index (κ2) is 67.8. The maximum atomic E-state index is 13.5. The first-order valence-corrected chi connectivity index (χ1v) is 39.8. The molecule has 1 amide bonds. The van der Waals surface area contributed by atoms with Gasteiger partial charge in [-0.3, -0.25) is 9.59 Å². The van der Waals surface area contributed by atoms with Crippen molar-refractivity contribution in [2.45, 2.75) is 449 Å². The summed E-state index contributed by atoms with van der Waals surface area (Å²) in [5.41, 5.74) is 0. The number of esters is 1. The van der Waals surface area contributed by atoms with Gasteiger partial charge < -0.3 is 45.1 Å². The lowest BCUT2D eigenvalue weighted by Crippen LogP contribution is -2.61. The predicted octanol–water partition coefficient (Wildman–Crippen LogP) is 21.3. The van der Waals surface area contributed by atoms with E-state index in [0.29, 0.717) is 19.3 Å². The molecule has 0 aromatic carbocycles. The quantitative estimate of drug-likeness (QED) is 0.0195. The Morgan fingerprint density at radius 1 is 0.429 bits per heavy atom. The van der Waals surface area contributed by atoms with Crippen molar-refractivity contribution in [1.82, 2.24) is 5.32 Å². The van der Waals surface area contributed by atoms with Crippen LogP contribution in [0, 0.1) is 0 Å². The molecule has 0 saturated carbocycles. The number of unbranched alkanes of at least 4 members (excludes halogenated alkanes) is 52. The molecule has 0 spiro atoms. The Bertz CT molecular complexity index is 1620. The molecule has 11 heteroatoms. The van der Waals surface area contributed by atoms with Gasteiger partial charge in [0.25, 0.3) is 0 Å². The Kier molecular flexibility index (Phi) is 64.8. The Hall–Kier alpha value is -2.12. The van der Waals surface area contributed by atoms with Crippen LogP contribution in [0.1, 0.15) is 400 Å². The molecule has 0 aromatic heterocycles. The van der Waals surface area contributed by atoms with Crippen molar-refractivity contribution in [1.29, 1.82) is 0 Å². The minimum atomic E-state index is -1.61. The third-order valence-electron chi connectivity index (χ3n) is 19.0. The highest BCUT2D eigenvalue weighted by molar-refractivity contribution is 5.80. The molecule has 8 unspecified atom stereocenters. The fourth-order valence-corrected chi connectivity index (χ4v) is 12.8. The molecule has 1 saturated heterocycles. The number of rotatable bonds is 70. The summed E-state index contributed by atoms with van der Waals surface area (Å²) in [5, 5.41) is 57.5. The van der Waals surface area contributed by atoms with E-state index in [4.69, 9.17) is 14.2 Å². The molecule has 91 heavy (non-hydrogen) atoms. The molecule has 8 atom stereocenters. The SMILES string of the molecule is CCCCC/C=C\C/C=C\CCCCCCCCCCCCCCCCC(O)C(=O)NC(COC1OC(CO)C(O)C(O)C1OC(=O)CCCCCCCCCCCCCCCCCCCCCCCCCCC)C(O)/C=C/CCCCCCCCCCCCC. The topological polar surface area (TPSA) is 175 Å². The number of allylic oxidation sites excluding steroid dienone is 5. The smallest absolute Gasteiger partial charge is 0.306 e. The van der Waals surface area contributed by atoms with E-state index >= 15 is 0 Å². The van der Waals surface area contributed by atoms with E-state index in [1.807, 2.05) is 6.08 Å². The van der Waals surface area contributed by atoms with E-state index in [0.717, 1.165) is 64.2 Å². The summed E-state index contributed by atoms with van der Waals surface area (Å²) in [5.74, 6) is -1.17. The molecular weight excluding hydrogens is 1130 g/mol. The van der Waals surface area contributed by atoms with Crippen molar-refractivity contribution in [3.8, 4) is 0 Å². The molecule has 1 heterocycles. The number of nitrogens with one attached hydrogen (secondary N) is 1. The highest BCUT2D eigenvalue weighted by Gasteiger charge is 2.47. The first-order chi connectivity index (χ1) is 44.7. The van der Waals surface area contributed by atoms with Crippen molar-refractivity contribution in [2.24, 2.45) is 0 Å². The van der Waals surface area contributed by atoms with Gasteiger partial charge in [0.2, 0.25) is 5.91 Å². The minimum Gasteiger partial charge on any atom is -0.454 e. The predicted molar refractivity (Wildman–Crippen MR) is 384 cm³/mol. The van der Waals surface area contributed by atoms with Crippen molar-refractivity contribution in [2.75, 3.05) is 13.2 Å². The summed E-state index contributed by atoms with van der Waals surface area (Å²) >= 11 is 0. The molecule has 0 radical (unpaired) electrons. The molecule has 536 valence electrons. The number of ether oxygens (including phenoxy) is 3. The molecule has 0 aromatic rings. The summed E-state index contributed by atoms with van der Waals surface area (Å²) < 4.78 is 17.8. The minimum absolute atomic E-state index is 0.130. The lowest BCUT2D eigenvalue weighted by atomic mass is 9.99. The van der Waals surface area contributed by atoms with Gasteiger partial charge in [0, 0.05) is 6.42 Å². The fraction of sp³-hybridized carbons (Fsp3) is 0.900. The first kappa shape index (κ1) is 86.9. The van der Waals surface area contributed by atoms with Gasteiger partial charge in [-0.1, -0.05) is 372 Å². The molecule has 1 fully saturated rings. The van der Waals surface area contributed by atoms with E-state index < -0.39 is 67.4 Å². The molecule has 11 nitrogen and oxygen atoms in total. The van der Waals surface area contributed by atoms with E-state index in [2.05, 4.69) is 50.4 Å². The summed E-state index contributed by atoms with van der Waals surface area (Å²) in [7, 11) is 0. The number of amides is 1. The fourth-order valence-electron chi connectivity index (χ4n) is 12.8. The van der Waals surface area contributed by atoms with Crippen LogP contribution in [0.15, 0.2) is 36.5 Å². The van der Waals surface area contributed by atoms with E-state index in [1.54, 1.807) is 6.08 Å². The lowest BCUT2D eigenvalue weighted by Gasteiger charge is -2.41. The van der Waals surface area contributed by atoms with Crippen molar-refractivity contribution < 1.29 is 49.3 Å². The Morgan fingerprint density at radius 2 is 0.758 bits per heavy atom. The Labute approximate surface area is 562 Å². The van der Waals surface area contributed by atoms with Gasteiger partial charge in [0.05, 0.1) is 25.4 Å². The van der Waals surface area contributed by atoms with Gasteiger partial charge in [0.15, 0.2) is 12.4 Å². The van der Waals surface area contributed by atoms with E-state index in [1.165, 1.54) is 289 Å². The standard InChI is InChI=1S/C80H151NO10/c1-4-7-10-13-16-19-22-25-27-29-31-33-35-37-39-41-43-45-47-50-53-56-59-62-65-68-75(85)91-78-77(87)76(86)74(69-82)90-80(78)89-70-71(72(83)66-63-60-57-54-51-48-24-21-18-15-12-9-6-3)81-79(88)73(84)67-64-61-58-55-52-49-46-44-42-40-38-36-34-32-30-28-26-23-20-17-14-11-8-5-2/h17,20,26,28,63,66,71-74,76-78,80,82-84,86-87H,4-16,18-19,21-25,27,29-62,64-65,67-70H2,1-3H3,(H,81,88)/b20-17-,28-26-,66-63+.